The van der Waals surface area contributed by atoms with Crippen molar-refractivity contribution in [1.82, 2.24) is 4.90 Å². The molecule has 30 heavy (non-hydrogen) atoms. The van der Waals surface area contributed by atoms with Crippen LogP contribution in [0.25, 0.3) is 0 Å². The number of aryl methyl sites for hydroxylation is 2. The molecule has 2 aromatic carbocycles. The van der Waals surface area contributed by atoms with Crippen LogP contribution in [0.15, 0.2) is 42.5 Å². The second-order valence-corrected chi connectivity index (χ2v) is 8.32. The van der Waals surface area contributed by atoms with Gasteiger partial charge in [0.2, 0.25) is 0 Å². The van der Waals surface area contributed by atoms with E-state index in [2.05, 4.69) is 17.4 Å². The lowest BCUT2D eigenvalue weighted by molar-refractivity contribution is -0.122. The summed E-state index contributed by atoms with van der Waals surface area (Å²) in [6.45, 7) is 3.41. The summed E-state index contributed by atoms with van der Waals surface area (Å²) in [6.07, 6.45) is 7.39. The molecule has 1 fully saturated rings. The van der Waals surface area contributed by atoms with Gasteiger partial charge in [0, 0.05) is 24.3 Å². The summed E-state index contributed by atoms with van der Waals surface area (Å²) in [4.78, 5) is 27.0. The Bertz CT molecular complexity index is 901. The van der Waals surface area contributed by atoms with E-state index in [9.17, 15) is 9.59 Å². The summed E-state index contributed by atoms with van der Waals surface area (Å²) < 4.78 is 5.88. The lowest BCUT2D eigenvalue weighted by atomic mass is 9.92. The maximum absolute atomic E-state index is 12.6. The number of fused-ring (bicyclic) bond motifs is 1. The zero-order valence-corrected chi connectivity index (χ0v) is 17.7. The minimum absolute atomic E-state index is 0.0664. The van der Waals surface area contributed by atoms with Crippen LogP contribution >= 0.6 is 0 Å². The van der Waals surface area contributed by atoms with Crippen molar-refractivity contribution in [3.05, 3.63) is 59.2 Å². The standard InChI is InChI=1S/C25H30N2O3/c1-18(30-23-14-11-19-7-3-4-8-21(19)17-23)24(28)26-22-12-9-20(10-13-22)25(29)27-15-5-2-6-16-27/h9-14,17-18H,2-8,15-16H2,1H3,(H,26,28)/t18-/m1/s1. The molecule has 1 N–H and O–H groups in total. The number of hydrogen-bond donors (Lipinski definition) is 1. The second kappa shape index (κ2) is 9.33. The number of benzene rings is 2. The highest BCUT2D eigenvalue weighted by Gasteiger charge is 2.19. The summed E-state index contributed by atoms with van der Waals surface area (Å²) in [6, 6.07) is 13.3. The van der Waals surface area contributed by atoms with Gasteiger partial charge in [0.15, 0.2) is 6.10 Å². The van der Waals surface area contributed by atoms with Gasteiger partial charge in [0.1, 0.15) is 5.75 Å². The maximum Gasteiger partial charge on any atom is 0.265 e. The van der Waals surface area contributed by atoms with Crippen LogP contribution in [0.1, 0.15) is 60.5 Å². The van der Waals surface area contributed by atoms with E-state index < -0.39 is 6.10 Å². The van der Waals surface area contributed by atoms with Crippen LogP contribution in [0.5, 0.6) is 5.75 Å². The number of nitrogens with one attached hydrogen (secondary N) is 1. The molecule has 4 rings (SSSR count). The molecule has 5 heteroatoms. The molecule has 0 spiro atoms. The molecule has 5 nitrogen and oxygen atoms in total. The number of rotatable bonds is 5. The van der Waals surface area contributed by atoms with E-state index in [0.29, 0.717) is 11.3 Å². The molecule has 0 unspecified atom stereocenters. The van der Waals surface area contributed by atoms with Crippen molar-refractivity contribution in [2.45, 2.75) is 58.0 Å². The first-order chi connectivity index (χ1) is 14.6. The van der Waals surface area contributed by atoms with Gasteiger partial charge < -0.3 is 15.0 Å². The number of piperidine rings is 1. The monoisotopic (exact) mass is 406 g/mol. The van der Waals surface area contributed by atoms with Crippen molar-refractivity contribution in [3.8, 4) is 5.75 Å². The highest BCUT2D eigenvalue weighted by atomic mass is 16.5. The fourth-order valence-electron chi connectivity index (χ4n) is 4.26. The SMILES string of the molecule is C[C@@H](Oc1ccc2c(c1)CCCC2)C(=O)Nc1ccc(C(=O)N2CCCCC2)cc1. The van der Waals surface area contributed by atoms with Crippen molar-refractivity contribution in [3.63, 3.8) is 0 Å². The lowest BCUT2D eigenvalue weighted by Gasteiger charge is -2.26. The molecule has 0 bridgehead atoms. The van der Waals surface area contributed by atoms with E-state index in [0.717, 1.165) is 44.5 Å². The highest BCUT2D eigenvalue weighted by Crippen LogP contribution is 2.26. The van der Waals surface area contributed by atoms with Crippen molar-refractivity contribution in [1.29, 1.82) is 0 Å². The Morgan fingerprint density at radius 1 is 0.900 bits per heavy atom. The fraction of sp³-hybridized carbons (Fsp3) is 0.440. The Morgan fingerprint density at radius 3 is 2.33 bits per heavy atom. The molecule has 0 aromatic heterocycles. The molecule has 1 aliphatic carbocycles. The predicted octanol–water partition coefficient (Wildman–Crippen LogP) is 4.60. The van der Waals surface area contributed by atoms with E-state index >= 15 is 0 Å². The normalized spacial score (nSPS) is 17.0. The van der Waals surface area contributed by atoms with Crippen molar-refractivity contribution in [2.75, 3.05) is 18.4 Å². The van der Waals surface area contributed by atoms with Gasteiger partial charge in [-0.2, -0.15) is 0 Å². The van der Waals surface area contributed by atoms with Gasteiger partial charge in [-0.1, -0.05) is 6.07 Å². The second-order valence-electron chi connectivity index (χ2n) is 8.32. The van der Waals surface area contributed by atoms with Crippen LogP contribution in [0.4, 0.5) is 5.69 Å². The van der Waals surface area contributed by atoms with E-state index in [1.165, 1.54) is 30.4 Å². The average Bonchev–Trinajstić information content (AvgIpc) is 2.79. The quantitative estimate of drug-likeness (QED) is 0.790. The molecule has 2 aromatic rings. The topological polar surface area (TPSA) is 58.6 Å². The van der Waals surface area contributed by atoms with E-state index in [4.69, 9.17) is 4.74 Å². The third-order valence-electron chi connectivity index (χ3n) is 6.04. The number of hydrogen-bond acceptors (Lipinski definition) is 3. The average molecular weight is 407 g/mol. The first-order valence-corrected chi connectivity index (χ1v) is 11.1. The highest BCUT2D eigenvalue weighted by molar-refractivity contribution is 5.96. The van der Waals surface area contributed by atoms with Gasteiger partial charge in [0.05, 0.1) is 0 Å². The number of anilines is 1. The van der Waals surface area contributed by atoms with Crippen LogP contribution in [0.3, 0.4) is 0 Å². The van der Waals surface area contributed by atoms with Gasteiger partial charge in [-0.15, -0.1) is 0 Å². The molecule has 2 aliphatic rings. The van der Waals surface area contributed by atoms with E-state index in [1.54, 1.807) is 31.2 Å². The van der Waals surface area contributed by atoms with Crippen molar-refractivity contribution < 1.29 is 14.3 Å². The fourth-order valence-corrected chi connectivity index (χ4v) is 4.26. The Hall–Kier alpha value is -2.82. The number of carbonyl (C=O) groups is 2. The van der Waals surface area contributed by atoms with Gasteiger partial charge in [-0.25, -0.2) is 0 Å². The summed E-state index contributed by atoms with van der Waals surface area (Å²) in [5.74, 6) is 0.597. The van der Waals surface area contributed by atoms with Crippen LogP contribution in [0, 0.1) is 0 Å². The molecular weight excluding hydrogens is 376 g/mol. The van der Waals surface area contributed by atoms with Gasteiger partial charge >= 0.3 is 0 Å². The smallest absolute Gasteiger partial charge is 0.265 e. The lowest BCUT2D eigenvalue weighted by Crippen LogP contribution is -2.35. The molecule has 1 atom stereocenters. The third kappa shape index (κ3) is 4.84. The molecule has 1 heterocycles. The molecule has 0 radical (unpaired) electrons. The van der Waals surface area contributed by atoms with Gasteiger partial charge in [-0.05, 0) is 99.4 Å². The summed E-state index contributed by atoms with van der Waals surface area (Å²) in [5, 5.41) is 2.88. The van der Waals surface area contributed by atoms with Gasteiger partial charge in [-0.3, -0.25) is 9.59 Å². The van der Waals surface area contributed by atoms with Crippen LogP contribution in [-0.4, -0.2) is 35.9 Å². The zero-order valence-electron chi connectivity index (χ0n) is 17.7. The third-order valence-corrected chi connectivity index (χ3v) is 6.04. The summed E-state index contributed by atoms with van der Waals surface area (Å²) in [7, 11) is 0. The number of nitrogens with zero attached hydrogens (tertiary/aromatic N) is 1. The number of likely N-dealkylation sites (tertiary alicyclic amines) is 1. The van der Waals surface area contributed by atoms with E-state index in [1.807, 2.05) is 11.0 Å². The Balaban J connectivity index is 1.33. The first-order valence-electron chi connectivity index (χ1n) is 11.1. The Morgan fingerprint density at radius 2 is 1.60 bits per heavy atom. The largest absolute Gasteiger partial charge is 0.481 e. The molecule has 0 saturated carbocycles. The Kier molecular flexibility index (Phi) is 6.36. The minimum Gasteiger partial charge on any atom is -0.481 e. The van der Waals surface area contributed by atoms with Gasteiger partial charge in [0.25, 0.3) is 11.8 Å². The number of amides is 2. The maximum atomic E-state index is 12.6. The Labute approximate surface area is 178 Å². The number of ether oxygens (including phenoxy) is 1. The van der Waals surface area contributed by atoms with Crippen molar-refractivity contribution >= 4 is 17.5 Å². The molecule has 2 amide bonds. The van der Waals surface area contributed by atoms with Crippen LogP contribution < -0.4 is 10.1 Å². The van der Waals surface area contributed by atoms with Crippen LogP contribution in [0.2, 0.25) is 0 Å². The molecule has 1 saturated heterocycles. The summed E-state index contributed by atoms with van der Waals surface area (Å²) in [5.41, 5.74) is 4.05. The minimum atomic E-state index is -0.610. The first kappa shape index (κ1) is 20.5. The zero-order chi connectivity index (χ0) is 20.9. The predicted molar refractivity (Wildman–Crippen MR) is 118 cm³/mol. The summed E-state index contributed by atoms with van der Waals surface area (Å²) >= 11 is 0. The van der Waals surface area contributed by atoms with Crippen molar-refractivity contribution in [2.24, 2.45) is 0 Å². The van der Waals surface area contributed by atoms with Crippen LogP contribution in [-0.2, 0) is 17.6 Å². The molecule has 158 valence electrons. The molecule has 1 aliphatic heterocycles. The van der Waals surface area contributed by atoms with E-state index in [-0.39, 0.29) is 11.8 Å². The molecular formula is C25H30N2O3. The number of carbonyl (C=O) groups excluding carboxylic acids is 2.